The van der Waals surface area contributed by atoms with E-state index < -0.39 is 15.9 Å². The SMILES string of the molecule is CC(O)Cc1coc(CC2CCS(=O)(=O)CC2)n1. The van der Waals surface area contributed by atoms with Gasteiger partial charge in [0.15, 0.2) is 5.89 Å². The molecule has 1 atom stereocenters. The minimum atomic E-state index is -2.80. The van der Waals surface area contributed by atoms with E-state index in [1.165, 1.54) is 0 Å². The molecular formula is C12H19NO4S. The fourth-order valence-corrected chi connectivity index (χ4v) is 3.82. The monoisotopic (exact) mass is 273 g/mol. The number of oxazole rings is 1. The zero-order valence-electron chi connectivity index (χ0n) is 10.5. The predicted octanol–water partition coefficient (Wildman–Crippen LogP) is 0.965. The van der Waals surface area contributed by atoms with E-state index >= 15 is 0 Å². The third-order valence-electron chi connectivity index (χ3n) is 3.24. The largest absolute Gasteiger partial charge is 0.449 e. The van der Waals surface area contributed by atoms with Crippen LogP contribution >= 0.6 is 0 Å². The molecule has 1 aromatic rings. The Labute approximate surface area is 107 Å². The van der Waals surface area contributed by atoms with Gasteiger partial charge in [0, 0.05) is 12.8 Å². The minimum absolute atomic E-state index is 0.277. The average molecular weight is 273 g/mol. The number of hydrogen-bond acceptors (Lipinski definition) is 5. The predicted molar refractivity (Wildman–Crippen MR) is 67.0 cm³/mol. The first kappa shape index (κ1) is 13.5. The molecule has 0 aromatic carbocycles. The van der Waals surface area contributed by atoms with Crippen molar-refractivity contribution in [3.8, 4) is 0 Å². The molecule has 0 aliphatic carbocycles. The fourth-order valence-electron chi connectivity index (χ4n) is 2.23. The van der Waals surface area contributed by atoms with Gasteiger partial charge >= 0.3 is 0 Å². The van der Waals surface area contributed by atoms with E-state index in [0.29, 0.717) is 37.5 Å². The van der Waals surface area contributed by atoms with Gasteiger partial charge in [0.1, 0.15) is 16.1 Å². The van der Waals surface area contributed by atoms with Gasteiger partial charge in [0.05, 0.1) is 23.3 Å². The number of hydrogen-bond donors (Lipinski definition) is 1. The molecule has 6 heteroatoms. The van der Waals surface area contributed by atoms with E-state index in [2.05, 4.69) is 4.98 Å². The number of sulfone groups is 1. The summed E-state index contributed by atoms with van der Waals surface area (Å²) in [7, 11) is -2.80. The Morgan fingerprint density at radius 3 is 2.78 bits per heavy atom. The maximum atomic E-state index is 11.3. The Morgan fingerprint density at radius 2 is 2.17 bits per heavy atom. The molecule has 2 heterocycles. The van der Waals surface area contributed by atoms with Gasteiger partial charge in [-0.05, 0) is 25.7 Å². The van der Waals surface area contributed by atoms with E-state index in [9.17, 15) is 13.5 Å². The molecule has 2 rings (SSSR count). The molecule has 1 saturated heterocycles. The van der Waals surface area contributed by atoms with Gasteiger partial charge in [-0.15, -0.1) is 0 Å². The lowest BCUT2D eigenvalue weighted by molar-refractivity contribution is 0.194. The summed E-state index contributed by atoms with van der Waals surface area (Å²) in [5, 5.41) is 9.25. The van der Waals surface area contributed by atoms with Gasteiger partial charge in [-0.2, -0.15) is 0 Å². The summed E-state index contributed by atoms with van der Waals surface area (Å²) in [4.78, 5) is 4.30. The average Bonchev–Trinajstić information content (AvgIpc) is 2.68. The van der Waals surface area contributed by atoms with Gasteiger partial charge in [0.25, 0.3) is 0 Å². The molecule has 1 aliphatic rings. The van der Waals surface area contributed by atoms with Crippen LogP contribution in [0.1, 0.15) is 31.4 Å². The van der Waals surface area contributed by atoms with E-state index in [1.807, 2.05) is 0 Å². The first-order valence-corrected chi connectivity index (χ1v) is 8.08. The van der Waals surface area contributed by atoms with Crippen LogP contribution in [0.3, 0.4) is 0 Å². The van der Waals surface area contributed by atoms with Gasteiger partial charge in [-0.25, -0.2) is 13.4 Å². The van der Waals surface area contributed by atoms with Gasteiger partial charge < -0.3 is 9.52 Å². The fraction of sp³-hybridized carbons (Fsp3) is 0.750. The van der Waals surface area contributed by atoms with E-state index in [1.54, 1.807) is 13.2 Å². The van der Waals surface area contributed by atoms with E-state index in [0.717, 1.165) is 5.69 Å². The molecule has 0 radical (unpaired) electrons. The Hall–Kier alpha value is -0.880. The summed E-state index contributed by atoms with van der Waals surface area (Å²) in [5.74, 6) is 1.54. The minimum Gasteiger partial charge on any atom is -0.449 e. The maximum Gasteiger partial charge on any atom is 0.194 e. The summed E-state index contributed by atoms with van der Waals surface area (Å²) in [5.41, 5.74) is 0.753. The third-order valence-corrected chi connectivity index (χ3v) is 4.96. The molecule has 0 amide bonds. The molecule has 102 valence electrons. The molecule has 1 aliphatic heterocycles. The van der Waals surface area contributed by atoms with Crippen LogP contribution in [0, 0.1) is 5.92 Å². The van der Waals surface area contributed by atoms with Crippen molar-refractivity contribution in [2.24, 2.45) is 5.92 Å². The van der Waals surface area contributed by atoms with Crippen LogP contribution in [0.4, 0.5) is 0 Å². The van der Waals surface area contributed by atoms with Crippen LogP contribution in [0.15, 0.2) is 10.7 Å². The highest BCUT2D eigenvalue weighted by Crippen LogP contribution is 2.22. The first-order valence-electron chi connectivity index (χ1n) is 6.26. The van der Waals surface area contributed by atoms with Gasteiger partial charge in [-0.1, -0.05) is 0 Å². The van der Waals surface area contributed by atoms with Crippen molar-refractivity contribution < 1.29 is 17.9 Å². The van der Waals surface area contributed by atoms with Gasteiger partial charge in [-0.3, -0.25) is 0 Å². The quantitative estimate of drug-likeness (QED) is 0.884. The maximum absolute atomic E-state index is 11.3. The molecule has 0 spiro atoms. The standard InChI is InChI=1S/C12H19NO4S/c1-9(14)6-11-8-17-12(13-11)7-10-2-4-18(15,16)5-3-10/h8-10,14H,2-7H2,1H3. The number of aliphatic hydroxyl groups excluding tert-OH is 1. The zero-order chi connectivity index (χ0) is 13.2. The van der Waals surface area contributed by atoms with Crippen molar-refractivity contribution >= 4 is 9.84 Å². The molecule has 1 unspecified atom stereocenters. The summed E-state index contributed by atoms with van der Waals surface area (Å²) in [6.45, 7) is 1.71. The molecule has 1 N–H and O–H groups in total. The van der Waals surface area contributed by atoms with E-state index in [4.69, 9.17) is 4.42 Å². The van der Waals surface area contributed by atoms with Crippen LogP contribution in [0.2, 0.25) is 0 Å². The van der Waals surface area contributed by atoms with Crippen molar-refractivity contribution in [1.82, 2.24) is 4.98 Å². The molecule has 1 fully saturated rings. The summed E-state index contributed by atoms with van der Waals surface area (Å²) < 4.78 is 28.0. The summed E-state index contributed by atoms with van der Waals surface area (Å²) in [6.07, 6.45) is 3.70. The lowest BCUT2D eigenvalue weighted by atomic mass is 9.99. The van der Waals surface area contributed by atoms with E-state index in [-0.39, 0.29) is 11.5 Å². The van der Waals surface area contributed by atoms with Crippen LogP contribution in [0.5, 0.6) is 0 Å². The second-order valence-electron chi connectivity index (χ2n) is 5.09. The van der Waals surface area contributed by atoms with Crippen LogP contribution in [-0.4, -0.2) is 36.1 Å². The van der Waals surface area contributed by atoms with Crippen molar-refractivity contribution in [2.45, 2.75) is 38.7 Å². The molecule has 1 aromatic heterocycles. The van der Waals surface area contributed by atoms with Crippen LogP contribution in [0.25, 0.3) is 0 Å². The summed E-state index contributed by atoms with van der Waals surface area (Å²) >= 11 is 0. The van der Waals surface area contributed by atoms with Crippen molar-refractivity contribution in [2.75, 3.05) is 11.5 Å². The molecular weight excluding hydrogens is 254 g/mol. The zero-order valence-corrected chi connectivity index (χ0v) is 11.3. The van der Waals surface area contributed by atoms with Gasteiger partial charge in [0.2, 0.25) is 0 Å². The smallest absolute Gasteiger partial charge is 0.194 e. The Morgan fingerprint density at radius 1 is 1.50 bits per heavy atom. The van der Waals surface area contributed by atoms with Crippen molar-refractivity contribution in [3.63, 3.8) is 0 Å². The molecule has 0 saturated carbocycles. The second-order valence-corrected chi connectivity index (χ2v) is 7.39. The number of nitrogens with zero attached hydrogens (tertiary/aromatic N) is 1. The molecule has 5 nitrogen and oxygen atoms in total. The topological polar surface area (TPSA) is 80.4 Å². The summed E-state index contributed by atoms with van der Waals surface area (Å²) in [6, 6.07) is 0. The Kier molecular flexibility index (Phi) is 4.07. The number of aliphatic hydroxyl groups is 1. The van der Waals surface area contributed by atoms with Crippen molar-refractivity contribution in [3.05, 3.63) is 17.8 Å². The second kappa shape index (κ2) is 5.40. The van der Waals surface area contributed by atoms with Crippen LogP contribution < -0.4 is 0 Å². The Bertz CT molecular complexity index is 478. The van der Waals surface area contributed by atoms with Crippen molar-refractivity contribution in [1.29, 1.82) is 0 Å². The highest BCUT2D eigenvalue weighted by molar-refractivity contribution is 7.91. The Balaban J connectivity index is 1.88. The normalized spacial score (nSPS) is 21.9. The molecule has 18 heavy (non-hydrogen) atoms. The van der Waals surface area contributed by atoms with Crippen LogP contribution in [-0.2, 0) is 22.7 Å². The molecule has 0 bridgehead atoms. The lowest BCUT2D eigenvalue weighted by Crippen LogP contribution is -2.24. The highest BCUT2D eigenvalue weighted by Gasteiger charge is 2.24. The lowest BCUT2D eigenvalue weighted by Gasteiger charge is -2.20. The number of rotatable bonds is 4. The number of aromatic nitrogens is 1. The first-order chi connectivity index (χ1) is 8.44. The third kappa shape index (κ3) is 3.81. The highest BCUT2D eigenvalue weighted by atomic mass is 32.2.